The molecule has 4 rings (SSSR count). The zero-order chi connectivity index (χ0) is 20.2. The van der Waals surface area contributed by atoms with Crippen LogP contribution in [-0.2, 0) is 33.7 Å². The van der Waals surface area contributed by atoms with Gasteiger partial charge < -0.3 is 19.5 Å². The third kappa shape index (κ3) is 4.85. The number of hydrogen-bond acceptors (Lipinski definition) is 6. The highest BCUT2D eigenvalue weighted by Crippen LogP contribution is 2.32. The largest absolute Gasteiger partial charge is 0.454 e. The molecule has 1 unspecified atom stereocenters. The molecule has 29 heavy (non-hydrogen) atoms. The monoisotopic (exact) mass is 413 g/mol. The topological polar surface area (TPSA) is 73.9 Å². The molecular weight excluding hydrogens is 390 g/mol. The van der Waals surface area contributed by atoms with Gasteiger partial charge in [0, 0.05) is 11.4 Å². The van der Waals surface area contributed by atoms with Gasteiger partial charge in [-0.05, 0) is 67.1 Å². The van der Waals surface area contributed by atoms with Gasteiger partial charge in [-0.25, -0.2) is 0 Å². The Balaban J connectivity index is 1.21. The van der Waals surface area contributed by atoms with Crippen LogP contribution in [0, 0.1) is 0 Å². The summed E-state index contributed by atoms with van der Waals surface area (Å²) in [6.07, 6.45) is 2.59. The van der Waals surface area contributed by atoms with Crippen LogP contribution >= 0.6 is 11.8 Å². The lowest BCUT2D eigenvalue weighted by Crippen LogP contribution is -2.35. The number of aryl methyl sites for hydroxylation is 2. The van der Waals surface area contributed by atoms with E-state index in [0.29, 0.717) is 18.0 Å². The zero-order valence-electron chi connectivity index (χ0n) is 16.2. The van der Waals surface area contributed by atoms with E-state index < -0.39 is 12.1 Å². The van der Waals surface area contributed by atoms with Crippen LogP contribution in [0.4, 0.5) is 0 Å². The highest BCUT2D eigenvalue weighted by Gasteiger charge is 2.19. The second kappa shape index (κ2) is 8.78. The highest BCUT2D eigenvalue weighted by atomic mass is 32.2. The van der Waals surface area contributed by atoms with Crippen molar-refractivity contribution in [3.05, 3.63) is 53.1 Å². The molecule has 0 spiro atoms. The lowest BCUT2D eigenvalue weighted by atomic mass is 10.1. The molecule has 0 radical (unpaired) electrons. The molecule has 1 atom stereocenters. The van der Waals surface area contributed by atoms with Gasteiger partial charge in [-0.1, -0.05) is 12.1 Å². The molecule has 7 heteroatoms. The van der Waals surface area contributed by atoms with E-state index >= 15 is 0 Å². The Hall–Kier alpha value is -2.67. The standard InChI is InChI=1S/C22H23NO5S/c1-14(22(25)23-11-15-5-8-19-20(9-15)27-13-26-19)28-21(24)12-29-18-7-6-16-3-2-4-17(16)10-18/h5-10,14H,2-4,11-13H2,1H3,(H,23,25). The van der Waals surface area contributed by atoms with E-state index in [0.717, 1.165) is 23.3 Å². The van der Waals surface area contributed by atoms with Crippen molar-refractivity contribution in [2.45, 2.75) is 43.7 Å². The van der Waals surface area contributed by atoms with Gasteiger partial charge in [0.05, 0.1) is 5.75 Å². The van der Waals surface area contributed by atoms with Gasteiger partial charge in [0.1, 0.15) is 0 Å². The molecule has 1 aliphatic heterocycles. The molecule has 0 fully saturated rings. The second-order valence-corrected chi connectivity index (χ2v) is 8.16. The predicted molar refractivity (Wildman–Crippen MR) is 109 cm³/mol. The molecule has 1 amide bonds. The van der Waals surface area contributed by atoms with Crippen LogP contribution in [0.5, 0.6) is 11.5 Å². The van der Waals surface area contributed by atoms with Crippen molar-refractivity contribution in [3.8, 4) is 11.5 Å². The SMILES string of the molecule is CC(OC(=O)CSc1ccc2c(c1)CCC2)C(=O)NCc1ccc2c(c1)OCO2. The summed E-state index contributed by atoms with van der Waals surface area (Å²) in [6.45, 7) is 2.11. The predicted octanol–water partition coefficient (Wildman–Crippen LogP) is 3.24. The van der Waals surface area contributed by atoms with Gasteiger partial charge in [0.25, 0.3) is 5.91 Å². The smallest absolute Gasteiger partial charge is 0.317 e. The Morgan fingerprint density at radius 2 is 1.93 bits per heavy atom. The average molecular weight is 413 g/mol. The summed E-state index contributed by atoms with van der Waals surface area (Å²) in [7, 11) is 0. The van der Waals surface area contributed by atoms with Crippen molar-refractivity contribution in [1.29, 1.82) is 0 Å². The third-order valence-electron chi connectivity index (χ3n) is 5.01. The molecule has 1 heterocycles. The van der Waals surface area contributed by atoms with Gasteiger partial charge in [-0.15, -0.1) is 11.8 Å². The summed E-state index contributed by atoms with van der Waals surface area (Å²) >= 11 is 1.44. The van der Waals surface area contributed by atoms with E-state index in [1.54, 1.807) is 6.92 Å². The fourth-order valence-corrected chi connectivity index (χ4v) is 4.19. The lowest BCUT2D eigenvalue weighted by Gasteiger charge is -2.14. The molecule has 2 aromatic rings. The molecule has 2 aliphatic rings. The second-order valence-electron chi connectivity index (χ2n) is 7.11. The number of benzene rings is 2. The highest BCUT2D eigenvalue weighted by molar-refractivity contribution is 8.00. The zero-order valence-corrected chi connectivity index (χ0v) is 17.1. The van der Waals surface area contributed by atoms with Crippen LogP contribution in [0.1, 0.15) is 30.0 Å². The van der Waals surface area contributed by atoms with Crippen LogP contribution in [-0.4, -0.2) is 30.5 Å². The Bertz CT molecular complexity index is 929. The molecule has 6 nitrogen and oxygen atoms in total. The quantitative estimate of drug-likeness (QED) is 0.555. The minimum absolute atomic E-state index is 0.179. The summed E-state index contributed by atoms with van der Waals surface area (Å²) in [4.78, 5) is 25.4. The number of carbonyl (C=O) groups is 2. The summed E-state index contributed by atoms with van der Waals surface area (Å²) in [6, 6.07) is 11.8. The fraction of sp³-hybridized carbons (Fsp3) is 0.364. The first-order valence-electron chi connectivity index (χ1n) is 9.69. The van der Waals surface area contributed by atoms with Crippen LogP contribution in [0.3, 0.4) is 0 Å². The number of rotatable bonds is 7. The summed E-state index contributed by atoms with van der Waals surface area (Å²) in [5, 5.41) is 2.78. The normalized spacial score (nSPS) is 14.9. The van der Waals surface area contributed by atoms with Crippen molar-refractivity contribution < 1.29 is 23.8 Å². The maximum absolute atomic E-state index is 12.2. The number of amides is 1. The summed E-state index contributed by atoms with van der Waals surface area (Å²) in [5.41, 5.74) is 3.66. The summed E-state index contributed by atoms with van der Waals surface area (Å²) in [5.74, 6) is 0.807. The third-order valence-corrected chi connectivity index (χ3v) is 5.98. The number of hydrogen-bond donors (Lipinski definition) is 1. The molecular formula is C22H23NO5S. The van der Waals surface area contributed by atoms with Crippen molar-refractivity contribution in [1.82, 2.24) is 5.32 Å². The van der Waals surface area contributed by atoms with Gasteiger partial charge in [-0.2, -0.15) is 0 Å². The van der Waals surface area contributed by atoms with Crippen LogP contribution in [0.25, 0.3) is 0 Å². The molecule has 1 N–H and O–H groups in total. The van der Waals surface area contributed by atoms with Crippen LogP contribution in [0.2, 0.25) is 0 Å². The molecule has 0 saturated carbocycles. The number of thioether (sulfide) groups is 1. The van der Waals surface area contributed by atoms with E-state index in [9.17, 15) is 9.59 Å². The first-order chi connectivity index (χ1) is 14.1. The maximum atomic E-state index is 12.2. The number of ether oxygens (including phenoxy) is 3. The molecule has 0 bridgehead atoms. The van der Waals surface area contributed by atoms with Gasteiger partial charge in [0.2, 0.25) is 6.79 Å². The Morgan fingerprint density at radius 1 is 1.10 bits per heavy atom. The molecule has 0 aromatic heterocycles. The minimum atomic E-state index is -0.850. The Morgan fingerprint density at radius 3 is 2.83 bits per heavy atom. The Kier molecular flexibility index (Phi) is 5.94. The molecule has 0 saturated heterocycles. The van der Waals surface area contributed by atoms with E-state index in [1.807, 2.05) is 24.3 Å². The van der Waals surface area contributed by atoms with E-state index in [1.165, 1.54) is 29.3 Å². The van der Waals surface area contributed by atoms with Crippen molar-refractivity contribution >= 4 is 23.6 Å². The van der Waals surface area contributed by atoms with Crippen molar-refractivity contribution in [3.63, 3.8) is 0 Å². The van der Waals surface area contributed by atoms with Gasteiger partial charge >= 0.3 is 5.97 Å². The van der Waals surface area contributed by atoms with E-state index in [-0.39, 0.29) is 18.5 Å². The Labute approximate surface area is 173 Å². The van der Waals surface area contributed by atoms with Gasteiger partial charge in [0.15, 0.2) is 17.6 Å². The van der Waals surface area contributed by atoms with Crippen molar-refractivity contribution in [2.24, 2.45) is 0 Å². The number of esters is 1. The molecule has 2 aromatic carbocycles. The average Bonchev–Trinajstić information content (AvgIpc) is 3.38. The molecule has 1 aliphatic carbocycles. The van der Waals surface area contributed by atoms with Crippen LogP contribution < -0.4 is 14.8 Å². The number of carbonyl (C=O) groups excluding carboxylic acids is 2. The van der Waals surface area contributed by atoms with Gasteiger partial charge in [-0.3, -0.25) is 9.59 Å². The first kappa shape index (κ1) is 19.6. The van der Waals surface area contributed by atoms with E-state index in [2.05, 4.69) is 17.4 Å². The maximum Gasteiger partial charge on any atom is 0.317 e. The molecule has 152 valence electrons. The fourth-order valence-electron chi connectivity index (χ4n) is 3.45. The minimum Gasteiger partial charge on any atom is -0.454 e. The summed E-state index contributed by atoms with van der Waals surface area (Å²) < 4.78 is 15.9. The number of fused-ring (bicyclic) bond motifs is 2. The number of nitrogens with one attached hydrogen (secondary N) is 1. The van der Waals surface area contributed by atoms with E-state index in [4.69, 9.17) is 14.2 Å². The lowest BCUT2D eigenvalue weighted by molar-refractivity contribution is -0.152. The van der Waals surface area contributed by atoms with Crippen LogP contribution in [0.15, 0.2) is 41.3 Å². The first-order valence-corrected chi connectivity index (χ1v) is 10.7. The van der Waals surface area contributed by atoms with Crippen molar-refractivity contribution in [2.75, 3.05) is 12.5 Å².